The Morgan fingerprint density at radius 3 is 2.33 bits per heavy atom. The minimum atomic E-state index is -1.01. The Labute approximate surface area is 256 Å². The summed E-state index contributed by atoms with van der Waals surface area (Å²) in [5.74, 6) is -0.385. The number of rotatable bonds is 14. The molecule has 0 spiro atoms. The highest BCUT2D eigenvalue weighted by Crippen LogP contribution is 2.18. The lowest BCUT2D eigenvalue weighted by Crippen LogP contribution is -2.59. The third kappa shape index (κ3) is 9.79. The van der Waals surface area contributed by atoms with E-state index in [0.717, 1.165) is 22.4 Å². The lowest BCUT2D eigenvalue weighted by Gasteiger charge is -2.37. The summed E-state index contributed by atoms with van der Waals surface area (Å²) in [4.78, 5) is 45.6. The molecule has 4 amide bonds. The molecule has 3 aromatic rings. The second-order valence-electron chi connectivity index (χ2n) is 11.2. The zero-order valence-corrected chi connectivity index (χ0v) is 25.5. The number of hydrogen-bond acceptors (Lipinski definition) is 7. The van der Waals surface area contributed by atoms with Gasteiger partial charge in [-0.1, -0.05) is 74.5 Å². The molecule has 1 aliphatic rings. The van der Waals surface area contributed by atoms with Gasteiger partial charge in [-0.3, -0.25) is 9.78 Å². The summed E-state index contributed by atoms with van der Waals surface area (Å²) in [6.07, 6.45) is 1.75. The van der Waals surface area contributed by atoms with E-state index >= 15 is 0 Å². The molecule has 11 heteroatoms. The van der Waals surface area contributed by atoms with Crippen molar-refractivity contribution < 1.29 is 24.2 Å². The summed E-state index contributed by atoms with van der Waals surface area (Å²) in [6.45, 7) is 5.02. The third-order valence-corrected chi connectivity index (χ3v) is 8.19. The van der Waals surface area contributed by atoms with E-state index in [9.17, 15) is 19.5 Å². The lowest BCUT2D eigenvalue weighted by atomic mass is 9.93. The van der Waals surface area contributed by atoms with Crippen molar-refractivity contribution in [2.24, 2.45) is 5.92 Å². The van der Waals surface area contributed by atoms with Crippen molar-refractivity contribution in [2.75, 3.05) is 13.1 Å². The van der Waals surface area contributed by atoms with E-state index in [1.807, 2.05) is 74.5 Å². The number of hydrogen-bond donors (Lipinski definition) is 4. The standard InChI is InChI=1S/C32H41N5O5S/c1-22(2)29(37-15-9-14-34-31(37)40)30(39)35-25(16-23-10-5-3-6-11-23)18-28(38)27(17-24-12-7-4-8-13-24)36-32(41)42-20-26-19-33-21-43-26/h3-8,10-13,19,21-22,25,27-29,38H,9,14-18,20H2,1-2H3,(H,34,40)(H,35,39)(H,36,41)/t25-,27-,28-,29-/m0/s1. The topological polar surface area (TPSA) is 133 Å². The van der Waals surface area contributed by atoms with Crippen molar-refractivity contribution in [2.45, 2.75) is 70.4 Å². The molecule has 0 aliphatic carbocycles. The van der Waals surface area contributed by atoms with Crippen LogP contribution in [0.25, 0.3) is 0 Å². The van der Waals surface area contributed by atoms with Crippen molar-refractivity contribution in [1.29, 1.82) is 0 Å². The fraction of sp³-hybridized carbons (Fsp3) is 0.438. The molecule has 1 aromatic heterocycles. The van der Waals surface area contributed by atoms with Crippen molar-refractivity contribution in [3.63, 3.8) is 0 Å². The van der Waals surface area contributed by atoms with Crippen LogP contribution in [0.5, 0.6) is 0 Å². The first kappa shape index (κ1) is 32.0. The SMILES string of the molecule is CC(C)[C@@H](C(=O)N[C@@H](Cc1ccccc1)C[C@H](O)[C@H](Cc1ccccc1)NC(=O)OCc1cncs1)N1CCCNC1=O. The number of carbonyl (C=O) groups excluding carboxylic acids is 3. The van der Waals surface area contributed by atoms with Crippen LogP contribution in [0.15, 0.2) is 72.4 Å². The molecule has 0 unspecified atom stereocenters. The monoisotopic (exact) mass is 607 g/mol. The van der Waals surface area contributed by atoms with E-state index in [4.69, 9.17) is 4.74 Å². The molecule has 1 saturated heterocycles. The Balaban J connectivity index is 1.51. The fourth-order valence-corrected chi connectivity index (χ4v) is 5.85. The fourth-order valence-electron chi connectivity index (χ4n) is 5.35. The molecule has 1 fully saturated rings. The number of thiazole rings is 1. The molecule has 4 atom stereocenters. The van der Waals surface area contributed by atoms with Crippen LogP contribution in [0.1, 0.15) is 42.7 Å². The number of nitrogens with one attached hydrogen (secondary N) is 3. The first-order chi connectivity index (χ1) is 20.8. The van der Waals surface area contributed by atoms with Crippen LogP contribution in [-0.2, 0) is 29.0 Å². The molecule has 4 rings (SSSR count). The first-order valence-corrected chi connectivity index (χ1v) is 15.6. The lowest BCUT2D eigenvalue weighted by molar-refractivity contribution is -0.128. The predicted molar refractivity (Wildman–Crippen MR) is 165 cm³/mol. The Bertz CT molecular complexity index is 1290. The van der Waals surface area contributed by atoms with Crippen LogP contribution in [0.3, 0.4) is 0 Å². The van der Waals surface area contributed by atoms with Gasteiger partial charge in [0.1, 0.15) is 12.6 Å². The maximum absolute atomic E-state index is 13.7. The molecule has 4 N–H and O–H groups in total. The molecule has 10 nitrogen and oxygen atoms in total. The van der Waals surface area contributed by atoms with Gasteiger partial charge >= 0.3 is 12.1 Å². The maximum atomic E-state index is 13.7. The molecule has 1 aliphatic heterocycles. The van der Waals surface area contributed by atoms with Gasteiger partial charge in [-0.15, -0.1) is 11.3 Å². The van der Waals surface area contributed by atoms with Crippen LogP contribution < -0.4 is 16.0 Å². The van der Waals surface area contributed by atoms with E-state index in [1.54, 1.807) is 16.6 Å². The molecule has 2 heterocycles. The number of amides is 4. The number of carbonyl (C=O) groups is 3. The highest BCUT2D eigenvalue weighted by atomic mass is 32.1. The Kier molecular flexibility index (Phi) is 11.9. The summed E-state index contributed by atoms with van der Waals surface area (Å²) in [7, 11) is 0. The van der Waals surface area contributed by atoms with Gasteiger partial charge in [0.25, 0.3) is 0 Å². The van der Waals surface area contributed by atoms with E-state index in [1.165, 1.54) is 11.3 Å². The smallest absolute Gasteiger partial charge is 0.407 e. The summed E-state index contributed by atoms with van der Waals surface area (Å²) in [5, 5.41) is 20.4. The summed E-state index contributed by atoms with van der Waals surface area (Å²) in [5.41, 5.74) is 3.60. The maximum Gasteiger partial charge on any atom is 0.407 e. The normalized spacial score (nSPS) is 16.1. The number of nitrogens with zero attached hydrogens (tertiary/aromatic N) is 2. The number of aliphatic hydroxyl groups excluding tert-OH is 1. The molecule has 0 radical (unpaired) electrons. The minimum Gasteiger partial charge on any atom is -0.444 e. The molecule has 230 valence electrons. The average molecular weight is 608 g/mol. The molecule has 43 heavy (non-hydrogen) atoms. The van der Waals surface area contributed by atoms with Gasteiger partial charge in [-0.25, -0.2) is 9.59 Å². The van der Waals surface area contributed by atoms with Crippen molar-refractivity contribution in [3.8, 4) is 0 Å². The van der Waals surface area contributed by atoms with Gasteiger partial charge in [-0.2, -0.15) is 0 Å². The van der Waals surface area contributed by atoms with Gasteiger partial charge in [0.2, 0.25) is 5.91 Å². The molecular weight excluding hydrogens is 566 g/mol. The van der Waals surface area contributed by atoms with Gasteiger partial charge in [0.15, 0.2) is 0 Å². The number of ether oxygens (including phenoxy) is 1. The highest BCUT2D eigenvalue weighted by molar-refractivity contribution is 7.09. The van der Waals surface area contributed by atoms with Crippen LogP contribution in [0.4, 0.5) is 9.59 Å². The minimum absolute atomic E-state index is 0.0814. The molecule has 2 aromatic carbocycles. The largest absolute Gasteiger partial charge is 0.444 e. The zero-order chi connectivity index (χ0) is 30.6. The third-order valence-electron chi connectivity index (χ3n) is 7.44. The van der Waals surface area contributed by atoms with Gasteiger partial charge in [0, 0.05) is 25.3 Å². The van der Waals surface area contributed by atoms with E-state index in [2.05, 4.69) is 20.9 Å². The van der Waals surface area contributed by atoms with Crippen molar-refractivity contribution >= 4 is 29.4 Å². The molecule has 0 bridgehead atoms. The Hall–Kier alpha value is -3.96. The predicted octanol–water partition coefficient (Wildman–Crippen LogP) is 3.90. The number of aromatic nitrogens is 1. The van der Waals surface area contributed by atoms with E-state index in [0.29, 0.717) is 25.9 Å². The van der Waals surface area contributed by atoms with Crippen LogP contribution in [0.2, 0.25) is 0 Å². The summed E-state index contributed by atoms with van der Waals surface area (Å²) >= 11 is 1.39. The Morgan fingerprint density at radius 1 is 1.05 bits per heavy atom. The molecule has 0 saturated carbocycles. The second-order valence-corrected chi connectivity index (χ2v) is 12.1. The second kappa shape index (κ2) is 16.0. The van der Waals surface area contributed by atoms with Crippen molar-refractivity contribution in [1.82, 2.24) is 25.8 Å². The van der Waals surface area contributed by atoms with Crippen LogP contribution >= 0.6 is 11.3 Å². The van der Waals surface area contributed by atoms with Crippen LogP contribution in [0, 0.1) is 5.92 Å². The summed E-state index contributed by atoms with van der Waals surface area (Å²) in [6, 6.07) is 17.3. The van der Waals surface area contributed by atoms with E-state index < -0.39 is 30.3 Å². The number of alkyl carbamates (subject to hydrolysis) is 1. The first-order valence-electron chi connectivity index (χ1n) is 14.7. The Morgan fingerprint density at radius 2 is 1.72 bits per heavy atom. The van der Waals surface area contributed by atoms with Gasteiger partial charge < -0.3 is 30.7 Å². The number of urea groups is 1. The van der Waals surface area contributed by atoms with Gasteiger partial charge in [-0.05, 0) is 42.7 Å². The van der Waals surface area contributed by atoms with Crippen molar-refractivity contribution in [3.05, 3.63) is 88.4 Å². The average Bonchev–Trinajstić information content (AvgIpc) is 3.52. The zero-order valence-electron chi connectivity index (χ0n) is 24.6. The summed E-state index contributed by atoms with van der Waals surface area (Å²) < 4.78 is 5.40. The van der Waals surface area contributed by atoms with E-state index in [-0.39, 0.29) is 30.9 Å². The number of aliphatic hydroxyl groups is 1. The molecular formula is C32H41N5O5S. The quantitative estimate of drug-likeness (QED) is 0.220. The van der Waals surface area contributed by atoms with Crippen LogP contribution in [-0.4, -0.2) is 70.3 Å². The highest BCUT2D eigenvalue weighted by Gasteiger charge is 2.35. The number of benzene rings is 2. The van der Waals surface area contributed by atoms with Gasteiger partial charge in [0.05, 0.1) is 22.5 Å².